The third-order valence-electron chi connectivity index (χ3n) is 1.95. The Kier molecular flexibility index (Phi) is 3.02. The van der Waals surface area contributed by atoms with Crippen LogP contribution < -0.4 is 0 Å². The number of carbonyl (C=O) groups excluding carboxylic acids is 2. The maximum absolute atomic E-state index is 11.2. The van der Waals surface area contributed by atoms with Crippen LogP contribution in [-0.2, 0) is 14.3 Å². The van der Waals surface area contributed by atoms with Crippen molar-refractivity contribution >= 4 is 11.8 Å². The summed E-state index contributed by atoms with van der Waals surface area (Å²) in [6.07, 6.45) is 4.53. The molecule has 0 saturated heterocycles. The summed E-state index contributed by atoms with van der Waals surface area (Å²) in [6, 6.07) is 0. The zero-order chi connectivity index (χ0) is 8.97. The molecule has 1 saturated carbocycles. The summed E-state index contributed by atoms with van der Waals surface area (Å²) in [5.74, 6) is -0.341. The van der Waals surface area contributed by atoms with Gasteiger partial charge in [0.25, 0.3) is 0 Å². The number of hydrogen-bond acceptors (Lipinski definition) is 3. The van der Waals surface area contributed by atoms with Crippen LogP contribution in [0.15, 0.2) is 11.6 Å². The molecule has 0 spiro atoms. The van der Waals surface area contributed by atoms with E-state index in [1.54, 1.807) is 0 Å². The molecule has 1 aliphatic rings. The molecule has 0 N–H and O–H groups in total. The topological polar surface area (TPSA) is 43.4 Å². The number of methoxy groups -OCH3 is 1. The first kappa shape index (κ1) is 8.97. The van der Waals surface area contributed by atoms with Gasteiger partial charge in [-0.3, -0.25) is 4.79 Å². The summed E-state index contributed by atoms with van der Waals surface area (Å²) in [6.45, 7) is 0. The highest BCUT2D eigenvalue weighted by Gasteiger charge is 2.15. The molecule has 0 aromatic rings. The van der Waals surface area contributed by atoms with Gasteiger partial charge in [-0.2, -0.15) is 0 Å². The van der Waals surface area contributed by atoms with Crippen molar-refractivity contribution in [2.75, 3.05) is 7.11 Å². The summed E-state index contributed by atoms with van der Waals surface area (Å²) in [5, 5.41) is 0. The minimum Gasteiger partial charge on any atom is -0.466 e. The maximum atomic E-state index is 11.2. The summed E-state index contributed by atoms with van der Waals surface area (Å²) in [4.78, 5) is 21.9. The van der Waals surface area contributed by atoms with E-state index in [1.165, 1.54) is 13.2 Å². The fourth-order valence-electron chi connectivity index (χ4n) is 1.25. The lowest BCUT2D eigenvalue weighted by molar-refractivity contribution is -0.135. The lowest BCUT2D eigenvalue weighted by Gasteiger charge is -2.11. The molecule has 0 aromatic carbocycles. The smallest absolute Gasteiger partial charge is 0.330 e. The number of allylic oxidation sites excluding steroid dienone is 1. The van der Waals surface area contributed by atoms with Gasteiger partial charge < -0.3 is 4.74 Å². The fourth-order valence-corrected chi connectivity index (χ4v) is 1.25. The van der Waals surface area contributed by atoms with Gasteiger partial charge in [0.2, 0.25) is 0 Å². The highest BCUT2D eigenvalue weighted by atomic mass is 16.5. The Bertz CT molecular complexity index is 228. The van der Waals surface area contributed by atoms with Crippen LogP contribution in [0.1, 0.15) is 25.7 Å². The number of ketones is 1. The second-order valence-electron chi connectivity index (χ2n) is 2.82. The number of carbonyl (C=O) groups is 2. The maximum Gasteiger partial charge on any atom is 0.330 e. The molecule has 0 radical (unpaired) electrons. The molecule has 66 valence electrons. The third kappa shape index (κ3) is 2.19. The molecule has 3 heteroatoms. The quantitative estimate of drug-likeness (QED) is 0.437. The second kappa shape index (κ2) is 4.04. The molecule has 0 aliphatic heterocycles. The van der Waals surface area contributed by atoms with Crippen LogP contribution in [0.2, 0.25) is 0 Å². The number of hydrogen-bond donors (Lipinski definition) is 0. The summed E-state index contributed by atoms with van der Waals surface area (Å²) < 4.78 is 4.43. The minimum atomic E-state index is -0.430. The van der Waals surface area contributed by atoms with Crippen molar-refractivity contribution in [3.8, 4) is 0 Å². The van der Waals surface area contributed by atoms with Crippen LogP contribution in [0.3, 0.4) is 0 Å². The first-order chi connectivity index (χ1) is 5.74. The zero-order valence-corrected chi connectivity index (χ0v) is 7.13. The van der Waals surface area contributed by atoms with Crippen LogP contribution >= 0.6 is 0 Å². The molecule has 3 nitrogen and oxygen atoms in total. The molecule has 1 aliphatic carbocycles. The second-order valence-corrected chi connectivity index (χ2v) is 2.82. The Morgan fingerprint density at radius 3 is 2.67 bits per heavy atom. The van der Waals surface area contributed by atoms with Crippen molar-refractivity contribution in [3.63, 3.8) is 0 Å². The Labute approximate surface area is 71.4 Å². The third-order valence-corrected chi connectivity index (χ3v) is 1.95. The van der Waals surface area contributed by atoms with E-state index >= 15 is 0 Å². The van der Waals surface area contributed by atoms with Crippen LogP contribution in [0.5, 0.6) is 0 Å². The molecule has 0 atom stereocenters. The van der Waals surface area contributed by atoms with Crippen molar-refractivity contribution in [3.05, 3.63) is 11.6 Å². The summed E-state index contributed by atoms with van der Waals surface area (Å²) >= 11 is 0. The minimum absolute atomic E-state index is 0.0895. The number of esters is 1. The van der Waals surface area contributed by atoms with Gasteiger partial charge in [-0.15, -0.1) is 0 Å². The predicted molar refractivity (Wildman–Crippen MR) is 43.6 cm³/mol. The zero-order valence-electron chi connectivity index (χ0n) is 7.13. The van der Waals surface area contributed by atoms with Crippen LogP contribution in [0.4, 0.5) is 0 Å². The van der Waals surface area contributed by atoms with Crippen molar-refractivity contribution in [1.29, 1.82) is 0 Å². The average Bonchev–Trinajstić information content (AvgIpc) is 2.09. The average molecular weight is 168 g/mol. The van der Waals surface area contributed by atoms with Crippen molar-refractivity contribution < 1.29 is 14.3 Å². The lowest BCUT2D eigenvalue weighted by Crippen LogP contribution is -2.10. The van der Waals surface area contributed by atoms with Gasteiger partial charge in [-0.05, 0) is 19.3 Å². The fraction of sp³-hybridized carbons (Fsp3) is 0.556. The van der Waals surface area contributed by atoms with Gasteiger partial charge in [0, 0.05) is 18.1 Å². The van der Waals surface area contributed by atoms with E-state index < -0.39 is 5.97 Å². The normalized spacial score (nSPS) is 21.1. The molecule has 0 aromatic heterocycles. The van der Waals surface area contributed by atoms with Gasteiger partial charge in [-0.1, -0.05) is 0 Å². The summed E-state index contributed by atoms with van der Waals surface area (Å²) in [7, 11) is 1.31. The van der Waals surface area contributed by atoms with Crippen molar-refractivity contribution in [1.82, 2.24) is 0 Å². The van der Waals surface area contributed by atoms with E-state index in [1.807, 2.05) is 0 Å². The molecular weight excluding hydrogens is 156 g/mol. The van der Waals surface area contributed by atoms with Gasteiger partial charge in [0.15, 0.2) is 5.78 Å². The number of ether oxygens (including phenoxy) is 1. The van der Waals surface area contributed by atoms with E-state index in [2.05, 4.69) is 4.74 Å². The van der Waals surface area contributed by atoms with Gasteiger partial charge >= 0.3 is 5.97 Å². The van der Waals surface area contributed by atoms with E-state index in [4.69, 9.17) is 0 Å². The van der Waals surface area contributed by atoms with E-state index in [-0.39, 0.29) is 5.78 Å². The van der Waals surface area contributed by atoms with Gasteiger partial charge in [0.1, 0.15) is 0 Å². The van der Waals surface area contributed by atoms with Gasteiger partial charge in [-0.25, -0.2) is 4.79 Å². The molecule has 0 bridgehead atoms. The van der Waals surface area contributed by atoms with Crippen LogP contribution in [-0.4, -0.2) is 18.9 Å². The summed E-state index contributed by atoms with van der Waals surface area (Å²) in [5.41, 5.74) is 0.619. The first-order valence-electron chi connectivity index (χ1n) is 4.06. The number of rotatable bonds is 1. The van der Waals surface area contributed by atoms with E-state index in [0.29, 0.717) is 18.4 Å². The molecule has 12 heavy (non-hydrogen) atoms. The first-order valence-corrected chi connectivity index (χ1v) is 4.06. The Morgan fingerprint density at radius 2 is 2.08 bits per heavy atom. The SMILES string of the molecule is COC(=O)C=C1CCCCC1=O. The lowest BCUT2D eigenvalue weighted by atomic mass is 9.93. The molecule has 0 heterocycles. The predicted octanol–water partition coefficient (Wildman–Crippen LogP) is 1.23. The molecule has 0 unspecified atom stereocenters. The Morgan fingerprint density at radius 1 is 1.42 bits per heavy atom. The monoisotopic (exact) mass is 168 g/mol. The molecular formula is C9H12O3. The van der Waals surface area contributed by atoms with E-state index in [0.717, 1.165) is 12.8 Å². The standard InChI is InChI=1S/C9H12O3/c1-12-9(11)6-7-4-2-3-5-8(7)10/h6H,2-5H2,1H3. The van der Waals surface area contributed by atoms with Crippen molar-refractivity contribution in [2.45, 2.75) is 25.7 Å². The van der Waals surface area contributed by atoms with Crippen LogP contribution in [0.25, 0.3) is 0 Å². The Hall–Kier alpha value is -1.12. The van der Waals surface area contributed by atoms with Crippen molar-refractivity contribution in [2.24, 2.45) is 0 Å². The van der Waals surface area contributed by atoms with Crippen LogP contribution in [0, 0.1) is 0 Å². The Balaban J connectivity index is 2.65. The van der Waals surface area contributed by atoms with E-state index in [9.17, 15) is 9.59 Å². The largest absolute Gasteiger partial charge is 0.466 e. The van der Waals surface area contributed by atoms with Gasteiger partial charge in [0.05, 0.1) is 7.11 Å². The number of Topliss-reactive ketones (excluding diaryl/α,β-unsaturated/α-hetero) is 1. The molecule has 1 rings (SSSR count). The highest BCUT2D eigenvalue weighted by molar-refractivity contribution is 6.01. The molecule has 1 fully saturated rings. The highest BCUT2D eigenvalue weighted by Crippen LogP contribution is 2.19. The molecule has 0 amide bonds.